The van der Waals surface area contributed by atoms with Crippen LogP contribution in [0.25, 0.3) is 0 Å². The molecule has 0 aliphatic carbocycles. The first-order valence-electron chi connectivity index (χ1n) is 8.71. The Morgan fingerprint density at radius 1 is 1.19 bits per heavy atom. The van der Waals surface area contributed by atoms with Crippen LogP contribution < -0.4 is 15.4 Å². The van der Waals surface area contributed by atoms with Crippen molar-refractivity contribution < 1.29 is 9.53 Å². The van der Waals surface area contributed by atoms with Crippen molar-refractivity contribution in [3.8, 4) is 5.75 Å². The predicted octanol–water partition coefficient (Wildman–Crippen LogP) is 4.31. The zero-order valence-electron chi connectivity index (χ0n) is 15.8. The molecule has 0 unspecified atom stereocenters. The van der Waals surface area contributed by atoms with Gasteiger partial charge in [-0.3, -0.25) is 4.79 Å². The van der Waals surface area contributed by atoms with Crippen LogP contribution >= 0.6 is 12.4 Å². The molecule has 3 rings (SSSR count). The van der Waals surface area contributed by atoms with Gasteiger partial charge in [-0.15, -0.1) is 12.4 Å². The lowest BCUT2D eigenvalue weighted by molar-refractivity contribution is 0.102. The van der Waals surface area contributed by atoms with Crippen LogP contribution in [-0.4, -0.2) is 19.6 Å². The van der Waals surface area contributed by atoms with Crippen molar-refractivity contribution in [1.29, 1.82) is 0 Å². The van der Waals surface area contributed by atoms with Crippen molar-refractivity contribution in [2.45, 2.75) is 39.2 Å². The molecule has 0 saturated heterocycles. The number of hydrogen-bond acceptors (Lipinski definition) is 3. The molecule has 2 N–H and O–H groups in total. The van der Waals surface area contributed by atoms with Crippen LogP contribution in [0, 0.1) is 0 Å². The number of hydrogen-bond donors (Lipinski definition) is 2. The van der Waals surface area contributed by atoms with Crippen molar-refractivity contribution >= 4 is 24.0 Å². The van der Waals surface area contributed by atoms with Gasteiger partial charge in [0.2, 0.25) is 0 Å². The van der Waals surface area contributed by atoms with Gasteiger partial charge in [0, 0.05) is 12.2 Å². The molecule has 2 aromatic carbocycles. The first kappa shape index (κ1) is 20.3. The molecule has 0 spiro atoms. The molecule has 0 aromatic heterocycles. The fourth-order valence-corrected chi connectivity index (χ4v) is 3.18. The number of anilines is 1. The smallest absolute Gasteiger partial charge is 0.259 e. The SMILES string of the molecule is COc1cc(C(C)(C)C)ccc1C(=O)Nc1cccc2c1CCNC2.Cl. The molecule has 1 amide bonds. The maximum Gasteiger partial charge on any atom is 0.259 e. The zero-order valence-corrected chi connectivity index (χ0v) is 16.6. The molecule has 1 aliphatic heterocycles. The predicted molar refractivity (Wildman–Crippen MR) is 109 cm³/mol. The molecule has 0 atom stereocenters. The number of nitrogens with one attached hydrogen (secondary N) is 2. The molecule has 1 aliphatic rings. The molecule has 5 heteroatoms. The summed E-state index contributed by atoms with van der Waals surface area (Å²) in [5.74, 6) is 0.473. The van der Waals surface area contributed by atoms with E-state index in [1.54, 1.807) is 7.11 Å². The van der Waals surface area contributed by atoms with Crippen LogP contribution in [0.3, 0.4) is 0 Å². The molecule has 0 saturated carbocycles. The first-order valence-corrected chi connectivity index (χ1v) is 8.71. The van der Waals surface area contributed by atoms with Crippen LogP contribution in [0.2, 0.25) is 0 Å². The summed E-state index contributed by atoms with van der Waals surface area (Å²) in [5.41, 5.74) is 5.07. The number of carbonyl (C=O) groups excluding carboxylic acids is 1. The average Bonchev–Trinajstić information content (AvgIpc) is 2.60. The monoisotopic (exact) mass is 374 g/mol. The number of halogens is 1. The number of carbonyl (C=O) groups is 1. The second kappa shape index (κ2) is 8.11. The van der Waals surface area contributed by atoms with E-state index in [0.717, 1.165) is 30.8 Å². The summed E-state index contributed by atoms with van der Waals surface area (Å²) < 4.78 is 5.48. The van der Waals surface area contributed by atoms with Crippen LogP contribution in [0.4, 0.5) is 5.69 Å². The largest absolute Gasteiger partial charge is 0.496 e. The third-order valence-corrected chi connectivity index (χ3v) is 4.70. The lowest BCUT2D eigenvalue weighted by Gasteiger charge is -2.22. The highest BCUT2D eigenvalue weighted by Crippen LogP contribution is 2.30. The second-order valence-electron chi connectivity index (χ2n) is 7.49. The standard InChI is InChI=1S/C21H26N2O2.ClH/c1-21(2,3)15-8-9-17(19(12-15)25-4)20(24)23-18-7-5-6-14-13-22-11-10-16(14)18;/h5-9,12,22H,10-11,13H2,1-4H3,(H,23,24);1H. The van der Waals surface area contributed by atoms with E-state index in [1.165, 1.54) is 11.1 Å². The minimum absolute atomic E-state index is 0. The number of amides is 1. The Labute approximate surface area is 161 Å². The minimum atomic E-state index is -0.135. The first-order chi connectivity index (χ1) is 11.9. The molecule has 2 aromatic rings. The fourth-order valence-electron chi connectivity index (χ4n) is 3.18. The lowest BCUT2D eigenvalue weighted by Crippen LogP contribution is -2.25. The Kier molecular flexibility index (Phi) is 6.32. The maximum atomic E-state index is 12.8. The molecule has 0 fully saturated rings. The lowest BCUT2D eigenvalue weighted by atomic mass is 9.86. The van der Waals surface area contributed by atoms with Gasteiger partial charge in [0.15, 0.2) is 0 Å². The van der Waals surface area contributed by atoms with E-state index in [2.05, 4.69) is 37.5 Å². The summed E-state index contributed by atoms with van der Waals surface area (Å²) in [7, 11) is 1.61. The minimum Gasteiger partial charge on any atom is -0.496 e. The van der Waals surface area contributed by atoms with E-state index in [4.69, 9.17) is 4.74 Å². The van der Waals surface area contributed by atoms with Gasteiger partial charge in [-0.1, -0.05) is 39.0 Å². The molecule has 26 heavy (non-hydrogen) atoms. The van der Waals surface area contributed by atoms with Gasteiger partial charge in [-0.2, -0.15) is 0 Å². The van der Waals surface area contributed by atoms with Gasteiger partial charge in [0.05, 0.1) is 12.7 Å². The molecule has 4 nitrogen and oxygen atoms in total. The molecular weight excluding hydrogens is 348 g/mol. The molecule has 1 heterocycles. The second-order valence-corrected chi connectivity index (χ2v) is 7.49. The Balaban J connectivity index is 0.00000243. The molecule has 140 valence electrons. The third kappa shape index (κ3) is 4.19. The van der Waals surface area contributed by atoms with Crippen LogP contribution in [0.5, 0.6) is 5.75 Å². The average molecular weight is 375 g/mol. The van der Waals surface area contributed by atoms with Gasteiger partial charge < -0.3 is 15.4 Å². The summed E-state index contributed by atoms with van der Waals surface area (Å²) in [5, 5.41) is 6.43. The van der Waals surface area contributed by atoms with Crippen molar-refractivity contribution in [1.82, 2.24) is 5.32 Å². The summed E-state index contributed by atoms with van der Waals surface area (Å²) in [6.45, 7) is 8.22. The maximum absolute atomic E-state index is 12.8. The fraction of sp³-hybridized carbons (Fsp3) is 0.381. The van der Waals surface area contributed by atoms with E-state index in [0.29, 0.717) is 11.3 Å². The van der Waals surface area contributed by atoms with Crippen molar-refractivity contribution in [2.24, 2.45) is 0 Å². The van der Waals surface area contributed by atoms with Crippen LogP contribution in [0.1, 0.15) is 47.8 Å². The topological polar surface area (TPSA) is 50.4 Å². The highest BCUT2D eigenvalue weighted by atomic mass is 35.5. The molecular formula is C21H27ClN2O2. The summed E-state index contributed by atoms with van der Waals surface area (Å²) in [6.07, 6.45) is 0.923. The van der Waals surface area contributed by atoms with E-state index in [-0.39, 0.29) is 23.7 Å². The summed E-state index contributed by atoms with van der Waals surface area (Å²) >= 11 is 0. The number of fused-ring (bicyclic) bond motifs is 1. The zero-order chi connectivity index (χ0) is 18.0. The molecule has 0 bridgehead atoms. The number of rotatable bonds is 3. The summed E-state index contributed by atoms with van der Waals surface area (Å²) in [4.78, 5) is 12.8. The van der Waals surface area contributed by atoms with Gasteiger partial charge in [-0.25, -0.2) is 0 Å². The van der Waals surface area contributed by atoms with E-state index in [9.17, 15) is 4.79 Å². The van der Waals surface area contributed by atoms with Gasteiger partial charge in [0.25, 0.3) is 5.91 Å². The Bertz CT molecular complexity index is 797. The van der Waals surface area contributed by atoms with Crippen LogP contribution in [0.15, 0.2) is 36.4 Å². The Hall–Kier alpha value is -2.04. The highest BCUT2D eigenvalue weighted by molar-refractivity contribution is 6.06. The normalized spacial score (nSPS) is 13.4. The third-order valence-electron chi connectivity index (χ3n) is 4.70. The molecule has 0 radical (unpaired) electrons. The number of methoxy groups -OCH3 is 1. The quantitative estimate of drug-likeness (QED) is 0.841. The highest BCUT2D eigenvalue weighted by Gasteiger charge is 2.20. The van der Waals surface area contributed by atoms with Gasteiger partial charge in [0.1, 0.15) is 5.75 Å². The Morgan fingerprint density at radius 2 is 1.96 bits per heavy atom. The van der Waals surface area contributed by atoms with E-state index >= 15 is 0 Å². The van der Waals surface area contributed by atoms with Gasteiger partial charge in [-0.05, 0) is 53.3 Å². The number of benzene rings is 2. The van der Waals surface area contributed by atoms with Gasteiger partial charge >= 0.3 is 0 Å². The number of ether oxygens (including phenoxy) is 1. The van der Waals surface area contributed by atoms with Crippen LogP contribution in [-0.2, 0) is 18.4 Å². The van der Waals surface area contributed by atoms with Crippen molar-refractivity contribution in [3.63, 3.8) is 0 Å². The van der Waals surface area contributed by atoms with Crippen molar-refractivity contribution in [2.75, 3.05) is 19.0 Å². The van der Waals surface area contributed by atoms with Crippen molar-refractivity contribution in [3.05, 3.63) is 58.7 Å². The Morgan fingerprint density at radius 3 is 2.65 bits per heavy atom. The van der Waals surface area contributed by atoms with E-state index < -0.39 is 0 Å². The summed E-state index contributed by atoms with van der Waals surface area (Å²) in [6, 6.07) is 11.9. The van der Waals surface area contributed by atoms with E-state index in [1.807, 2.05) is 30.3 Å².